The Morgan fingerprint density at radius 2 is 1.82 bits per heavy atom. The molecule has 0 aliphatic heterocycles. The SMILES string of the molecule is CN=C(NCCOCCC(C)C)NC(C)c1ccccc1.I. The average Bonchev–Trinajstić information content (AvgIpc) is 2.49. The lowest BCUT2D eigenvalue weighted by atomic mass is 10.1. The number of hydrogen-bond donors (Lipinski definition) is 2. The Bertz CT molecular complexity index is 410. The zero-order valence-corrected chi connectivity index (χ0v) is 16.5. The summed E-state index contributed by atoms with van der Waals surface area (Å²) in [7, 11) is 1.78. The van der Waals surface area contributed by atoms with Crippen molar-refractivity contribution in [1.82, 2.24) is 10.6 Å². The molecule has 0 saturated heterocycles. The number of hydrogen-bond acceptors (Lipinski definition) is 2. The molecule has 0 saturated carbocycles. The van der Waals surface area contributed by atoms with Crippen molar-refractivity contribution in [3.8, 4) is 0 Å². The van der Waals surface area contributed by atoms with Gasteiger partial charge in [-0.25, -0.2) is 0 Å². The van der Waals surface area contributed by atoms with Crippen molar-refractivity contribution < 1.29 is 4.74 Å². The second-order valence-electron chi connectivity index (χ2n) is 5.57. The first kappa shape index (κ1) is 21.2. The lowest BCUT2D eigenvalue weighted by molar-refractivity contribution is 0.128. The molecular weight excluding hydrogens is 389 g/mol. The molecule has 126 valence electrons. The van der Waals surface area contributed by atoms with Crippen LogP contribution >= 0.6 is 24.0 Å². The van der Waals surface area contributed by atoms with Crippen molar-refractivity contribution in [3.63, 3.8) is 0 Å². The Kier molecular flexibility index (Phi) is 12.2. The van der Waals surface area contributed by atoms with Crippen LogP contribution in [-0.2, 0) is 4.74 Å². The fourth-order valence-corrected chi connectivity index (χ4v) is 1.89. The molecule has 0 aromatic heterocycles. The summed E-state index contributed by atoms with van der Waals surface area (Å²) in [4.78, 5) is 4.24. The quantitative estimate of drug-likeness (QED) is 0.293. The highest BCUT2D eigenvalue weighted by atomic mass is 127. The molecule has 0 bridgehead atoms. The molecule has 0 aliphatic carbocycles. The van der Waals surface area contributed by atoms with E-state index >= 15 is 0 Å². The second-order valence-corrected chi connectivity index (χ2v) is 5.57. The topological polar surface area (TPSA) is 45.7 Å². The zero-order valence-electron chi connectivity index (χ0n) is 14.1. The number of nitrogens with zero attached hydrogens (tertiary/aromatic N) is 1. The molecule has 1 atom stereocenters. The van der Waals surface area contributed by atoms with Crippen molar-refractivity contribution in [3.05, 3.63) is 35.9 Å². The zero-order chi connectivity index (χ0) is 15.5. The number of rotatable bonds is 8. The standard InChI is InChI=1S/C17H29N3O.HI/c1-14(2)10-12-21-13-11-19-17(18-4)20-15(3)16-8-6-5-7-9-16;/h5-9,14-15H,10-13H2,1-4H3,(H2,18,19,20);1H. The molecule has 1 unspecified atom stereocenters. The first-order chi connectivity index (χ1) is 10.1. The lowest BCUT2D eigenvalue weighted by Gasteiger charge is -2.18. The van der Waals surface area contributed by atoms with Gasteiger partial charge in [0.05, 0.1) is 12.6 Å². The number of benzene rings is 1. The minimum absolute atomic E-state index is 0. The highest BCUT2D eigenvalue weighted by Crippen LogP contribution is 2.10. The molecule has 0 aliphatic rings. The van der Waals surface area contributed by atoms with Gasteiger partial charge in [-0.2, -0.15) is 0 Å². The van der Waals surface area contributed by atoms with Gasteiger partial charge in [-0.3, -0.25) is 4.99 Å². The van der Waals surface area contributed by atoms with Crippen LogP contribution in [0.15, 0.2) is 35.3 Å². The molecule has 4 nitrogen and oxygen atoms in total. The van der Waals surface area contributed by atoms with E-state index in [2.05, 4.69) is 48.5 Å². The Hall–Kier alpha value is -0.820. The van der Waals surface area contributed by atoms with Gasteiger partial charge >= 0.3 is 0 Å². The Morgan fingerprint density at radius 3 is 2.41 bits per heavy atom. The van der Waals surface area contributed by atoms with Gasteiger partial charge in [-0.1, -0.05) is 44.2 Å². The lowest BCUT2D eigenvalue weighted by Crippen LogP contribution is -2.40. The normalized spacial score (nSPS) is 12.7. The van der Waals surface area contributed by atoms with Gasteiger partial charge in [0.1, 0.15) is 0 Å². The van der Waals surface area contributed by atoms with Gasteiger partial charge < -0.3 is 15.4 Å². The summed E-state index contributed by atoms with van der Waals surface area (Å²) >= 11 is 0. The fourth-order valence-electron chi connectivity index (χ4n) is 1.89. The summed E-state index contributed by atoms with van der Waals surface area (Å²) < 4.78 is 5.58. The van der Waals surface area contributed by atoms with Crippen molar-refractivity contribution in [2.24, 2.45) is 10.9 Å². The van der Waals surface area contributed by atoms with Crippen LogP contribution in [0.2, 0.25) is 0 Å². The van der Waals surface area contributed by atoms with Crippen LogP contribution in [0.25, 0.3) is 0 Å². The maximum Gasteiger partial charge on any atom is 0.191 e. The second kappa shape index (κ2) is 12.7. The van der Waals surface area contributed by atoms with Crippen molar-refractivity contribution in [2.45, 2.75) is 33.2 Å². The molecule has 0 heterocycles. The van der Waals surface area contributed by atoms with E-state index < -0.39 is 0 Å². The van der Waals surface area contributed by atoms with Gasteiger partial charge in [0.25, 0.3) is 0 Å². The van der Waals surface area contributed by atoms with Crippen LogP contribution < -0.4 is 10.6 Å². The molecule has 1 aromatic rings. The van der Waals surface area contributed by atoms with Crippen LogP contribution in [0.4, 0.5) is 0 Å². The summed E-state index contributed by atoms with van der Waals surface area (Å²) in [5, 5.41) is 6.65. The van der Waals surface area contributed by atoms with Crippen molar-refractivity contribution >= 4 is 29.9 Å². The third kappa shape index (κ3) is 9.25. The van der Waals surface area contributed by atoms with Gasteiger partial charge in [-0.15, -0.1) is 24.0 Å². The molecule has 2 N–H and O–H groups in total. The predicted octanol–water partition coefficient (Wildman–Crippen LogP) is 3.59. The fraction of sp³-hybridized carbons (Fsp3) is 0.588. The third-order valence-corrected chi connectivity index (χ3v) is 3.25. The summed E-state index contributed by atoms with van der Waals surface area (Å²) in [6.45, 7) is 8.83. The van der Waals surface area contributed by atoms with Crippen molar-refractivity contribution in [2.75, 3.05) is 26.8 Å². The first-order valence-corrected chi connectivity index (χ1v) is 7.73. The van der Waals surface area contributed by atoms with E-state index in [9.17, 15) is 0 Å². The van der Waals surface area contributed by atoms with Crippen LogP contribution in [0.3, 0.4) is 0 Å². The summed E-state index contributed by atoms with van der Waals surface area (Å²) in [5.74, 6) is 1.50. The molecule has 0 radical (unpaired) electrons. The molecule has 0 fully saturated rings. The summed E-state index contributed by atoms with van der Waals surface area (Å²) in [6.07, 6.45) is 1.11. The highest BCUT2D eigenvalue weighted by Gasteiger charge is 2.06. The predicted molar refractivity (Wildman–Crippen MR) is 105 cm³/mol. The summed E-state index contributed by atoms with van der Waals surface area (Å²) in [6, 6.07) is 10.6. The third-order valence-electron chi connectivity index (χ3n) is 3.25. The Balaban J connectivity index is 0.00000441. The molecule has 0 spiro atoms. The van der Waals surface area contributed by atoms with Gasteiger partial charge in [0.15, 0.2) is 5.96 Å². The molecule has 22 heavy (non-hydrogen) atoms. The largest absolute Gasteiger partial charge is 0.380 e. The Labute approximate surface area is 152 Å². The Morgan fingerprint density at radius 1 is 1.14 bits per heavy atom. The highest BCUT2D eigenvalue weighted by molar-refractivity contribution is 14.0. The number of halogens is 1. The number of ether oxygens (including phenoxy) is 1. The average molecular weight is 419 g/mol. The van der Waals surface area contributed by atoms with E-state index in [0.29, 0.717) is 12.5 Å². The number of aliphatic imine (C=N–C) groups is 1. The monoisotopic (exact) mass is 419 g/mol. The molecule has 1 rings (SSSR count). The minimum atomic E-state index is 0. The molecule has 1 aromatic carbocycles. The van der Waals surface area contributed by atoms with E-state index in [1.54, 1.807) is 7.05 Å². The van der Waals surface area contributed by atoms with Gasteiger partial charge in [0, 0.05) is 20.2 Å². The number of guanidine groups is 1. The minimum Gasteiger partial charge on any atom is -0.380 e. The van der Waals surface area contributed by atoms with E-state index in [1.807, 2.05) is 18.2 Å². The first-order valence-electron chi connectivity index (χ1n) is 7.73. The molecule has 5 heteroatoms. The van der Waals surface area contributed by atoms with Crippen molar-refractivity contribution in [1.29, 1.82) is 0 Å². The van der Waals surface area contributed by atoms with E-state index in [4.69, 9.17) is 4.74 Å². The van der Waals surface area contributed by atoms with Crippen LogP contribution in [-0.4, -0.2) is 32.8 Å². The van der Waals surface area contributed by atoms with Gasteiger partial charge in [-0.05, 0) is 24.8 Å². The van der Waals surface area contributed by atoms with Crippen LogP contribution in [0.1, 0.15) is 38.8 Å². The maximum absolute atomic E-state index is 5.58. The van der Waals surface area contributed by atoms with E-state index in [0.717, 1.165) is 25.5 Å². The molecule has 0 amide bonds. The van der Waals surface area contributed by atoms with Crippen LogP contribution in [0, 0.1) is 5.92 Å². The van der Waals surface area contributed by atoms with E-state index in [-0.39, 0.29) is 30.0 Å². The number of nitrogens with one attached hydrogen (secondary N) is 2. The van der Waals surface area contributed by atoms with Crippen LogP contribution in [0.5, 0.6) is 0 Å². The smallest absolute Gasteiger partial charge is 0.191 e. The summed E-state index contributed by atoms with van der Waals surface area (Å²) in [5.41, 5.74) is 1.24. The maximum atomic E-state index is 5.58. The van der Waals surface area contributed by atoms with Gasteiger partial charge in [0.2, 0.25) is 0 Å². The molecular formula is C17H30IN3O. The van der Waals surface area contributed by atoms with E-state index in [1.165, 1.54) is 5.56 Å².